The van der Waals surface area contributed by atoms with E-state index in [0.29, 0.717) is 19.0 Å². The van der Waals surface area contributed by atoms with E-state index in [9.17, 15) is 29.3 Å². The summed E-state index contributed by atoms with van der Waals surface area (Å²) in [6, 6.07) is 9.16. The van der Waals surface area contributed by atoms with Gasteiger partial charge in [0.25, 0.3) is 23.4 Å². The van der Waals surface area contributed by atoms with Crippen molar-refractivity contribution in [2.45, 2.75) is 13.0 Å². The van der Waals surface area contributed by atoms with Gasteiger partial charge in [0.2, 0.25) is 0 Å². The minimum atomic E-state index is -1.34. The zero-order valence-corrected chi connectivity index (χ0v) is 26.0. The van der Waals surface area contributed by atoms with Crippen molar-refractivity contribution in [3.63, 3.8) is 0 Å². The molecule has 3 amide bonds. The average molecular weight is 793 g/mol. The number of non-ortho nitro benzene ring substituents is 1. The number of imide groups is 1. The molecule has 0 saturated carbocycles. The van der Waals surface area contributed by atoms with Crippen LogP contribution in [0.5, 0.6) is 0 Å². The summed E-state index contributed by atoms with van der Waals surface area (Å²) in [5.74, 6) is -3.17. The normalized spacial score (nSPS) is 13.4. The molecule has 38 heavy (non-hydrogen) atoms. The van der Waals surface area contributed by atoms with Gasteiger partial charge in [-0.3, -0.25) is 29.3 Å². The van der Waals surface area contributed by atoms with Crippen molar-refractivity contribution in [3.05, 3.63) is 104 Å². The summed E-state index contributed by atoms with van der Waals surface area (Å²) in [6.45, 7) is 1.37. The van der Waals surface area contributed by atoms with Gasteiger partial charge in [0.1, 0.15) is 6.04 Å². The fourth-order valence-electron chi connectivity index (χ4n) is 3.80. The number of halogens is 5. The Hall–Kier alpha value is -2.45. The summed E-state index contributed by atoms with van der Waals surface area (Å²) < 4.78 is 1.43. The highest BCUT2D eigenvalue weighted by Gasteiger charge is 2.48. The van der Waals surface area contributed by atoms with Crippen LogP contribution in [0, 0.1) is 10.1 Å². The molecule has 0 N–H and O–H groups in total. The Morgan fingerprint density at radius 1 is 0.842 bits per heavy atom. The van der Waals surface area contributed by atoms with Gasteiger partial charge in [-0.25, -0.2) is 5.01 Å². The predicted molar refractivity (Wildman–Crippen MR) is 152 cm³/mol. The van der Waals surface area contributed by atoms with Gasteiger partial charge in [-0.15, -0.1) is 0 Å². The Balaban J connectivity index is 1.86. The summed E-state index contributed by atoms with van der Waals surface area (Å²) in [7, 11) is 0. The van der Waals surface area contributed by atoms with Crippen LogP contribution >= 0.6 is 75.3 Å². The summed E-state index contributed by atoms with van der Waals surface area (Å²) in [5, 5.41) is 12.8. The number of nitro benzene ring substituents is 1. The Morgan fingerprint density at radius 2 is 1.29 bits per heavy atom. The van der Waals surface area contributed by atoms with Crippen LogP contribution in [0.3, 0.4) is 0 Å². The molecule has 0 saturated heterocycles. The lowest BCUT2D eigenvalue weighted by Crippen LogP contribution is -2.56. The molecule has 1 heterocycles. The summed E-state index contributed by atoms with van der Waals surface area (Å²) in [6.07, 6.45) is 0. The topological polar surface area (TPSA) is 118 Å². The van der Waals surface area contributed by atoms with Crippen molar-refractivity contribution in [2.75, 3.05) is 0 Å². The van der Waals surface area contributed by atoms with E-state index < -0.39 is 34.5 Å². The number of hydrazine groups is 1. The number of nitro groups is 1. The number of ketones is 1. The number of fused-ring (bicyclic) bond motifs is 1. The third-order valence-electron chi connectivity index (χ3n) is 5.70. The molecule has 14 heteroatoms. The predicted octanol–water partition coefficient (Wildman–Crippen LogP) is 7.22. The van der Waals surface area contributed by atoms with Crippen LogP contribution in [-0.2, 0) is 0 Å². The molecular formula is C24H12Br4ClN3O6. The Bertz CT molecular complexity index is 1500. The van der Waals surface area contributed by atoms with Gasteiger partial charge in [-0.05, 0) is 107 Å². The van der Waals surface area contributed by atoms with Crippen molar-refractivity contribution in [3.8, 4) is 0 Å². The third-order valence-corrected chi connectivity index (χ3v) is 10.7. The van der Waals surface area contributed by atoms with Gasteiger partial charge in [0, 0.05) is 46.2 Å². The molecule has 0 spiro atoms. The number of carbonyl (C=O) groups excluding carboxylic acids is 4. The SMILES string of the molecule is C[C@H](C(=O)c1ccc(Cl)cc1)N(C(=O)c1ccc([N+](=O)[O-])cc1)N1C(=O)c2c(Br)c(Br)c(Br)c(Br)c2C1=O. The maximum absolute atomic E-state index is 13.8. The van der Waals surface area contributed by atoms with E-state index in [1.165, 1.54) is 43.3 Å². The molecule has 0 unspecified atom stereocenters. The molecule has 0 bridgehead atoms. The quantitative estimate of drug-likeness (QED) is 0.0650. The summed E-state index contributed by atoms with van der Waals surface area (Å²) in [4.78, 5) is 65.0. The Morgan fingerprint density at radius 3 is 1.74 bits per heavy atom. The number of hydrogen-bond donors (Lipinski definition) is 0. The largest absolute Gasteiger partial charge is 0.292 e. The second kappa shape index (κ2) is 11.0. The van der Waals surface area contributed by atoms with E-state index >= 15 is 0 Å². The highest BCUT2D eigenvalue weighted by molar-refractivity contribution is 9.15. The number of nitrogens with zero attached hydrogens (tertiary/aromatic N) is 3. The van der Waals surface area contributed by atoms with E-state index in [-0.39, 0.29) is 36.9 Å². The first-order chi connectivity index (χ1) is 17.9. The molecule has 9 nitrogen and oxygen atoms in total. The maximum atomic E-state index is 13.8. The molecule has 3 aromatic carbocycles. The monoisotopic (exact) mass is 789 g/mol. The molecule has 0 radical (unpaired) electrons. The molecule has 194 valence electrons. The van der Waals surface area contributed by atoms with Gasteiger partial charge in [0.15, 0.2) is 5.78 Å². The lowest BCUT2D eigenvalue weighted by atomic mass is 10.0. The minimum absolute atomic E-state index is 0.0235. The maximum Gasteiger partial charge on any atom is 0.282 e. The van der Waals surface area contributed by atoms with Crippen molar-refractivity contribution < 1.29 is 24.1 Å². The molecule has 1 aliphatic heterocycles. The number of Topliss-reactive ketones (excluding diaryl/α,β-unsaturated/α-hetero) is 1. The van der Waals surface area contributed by atoms with Gasteiger partial charge in [-0.2, -0.15) is 5.01 Å². The zero-order valence-electron chi connectivity index (χ0n) is 18.9. The lowest BCUT2D eigenvalue weighted by molar-refractivity contribution is -0.384. The van der Waals surface area contributed by atoms with E-state index in [2.05, 4.69) is 63.7 Å². The van der Waals surface area contributed by atoms with Crippen LogP contribution in [-0.4, -0.2) is 44.5 Å². The van der Waals surface area contributed by atoms with Crippen LogP contribution in [0.25, 0.3) is 0 Å². The molecule has 1 atom stereocenters. The lowest BCUT2D eigenvalue weighted by Gasteiger charge is -2.34. The smallest absolute Gasteiger partial charge is 0.282 e. The average Bonchev–Trinajstić information content (AvgIpc) is 3.16. The van der Waals surface area contributed by atoms with Crippen LogP contribution < -0.4 is 0 Å². The molecular weight excluding hydrogens is 781 g/mol. The van der Waals surface area contributed by atoms with Crippen LogP contribution in [0.4, 0.5) is 5.69 Å². The van der Waals surface area contributed by atoms with Crippen LogP contribution in [0.15, 0.2) is 66.4 Å². The zero-order chi connectivity index (χ0) is 28.0. The van der Waals surface area contributed by atoms with E-state index in [1.807, 2.05) is 0 Å². The molecule has 1 aliphatic rings. The molecule has 4 rings (SSSR count). The highest BCUT2D eigenvalue weighted by Crippen LogP contribution is 2.46. The van der Waals surface area contributed by atoms with E-state index in [4.69, 9.17) is 11.6 Å². The number of amides is 3. The standard InChI is InChI=1S/C24H12Br4ClN3O6/c1-10(21(33)11-2-6-13(29)7-3-11)30(22(34)12-4-8-14(9-5-12)32(37)38)31-23(35)15-16(24(31)36)18(26)20(28)19(27)17(15)25/h2-10H,1H3/t10-/m1/s1. The third kappa shape index (κ3) is 4.86. The first-order valence-corrected chi connectivity index (χ1v) is 14.0. The van der Waals surface area contributed by atoms with Crippen molar-refractivity contribution in [1.29, 1.82) is 0 Å². The Labute approximate surface area is 253 Å². The van der Waals surface area contributed by atoms with Crippen molar-refractivity contribution in [2.24, 2.45) is 0 Å². The van der Waals surface area contributed by atoms with Gasteiger partial charge < -0.3 is 0 Å². The van der Waals surface area contributed by atoms with Gasteiger partial charge in [-0.1, -0.05) is 11.6 Å². The second-order valence-electron chi connectivity index (χ2n) is 7.93. The van der Waals surface area contributed by atoms with Crippen molar-refractivity contribution >= 4 is 105 Å². The number of carbonyl (C=O) groups is 4. The van der Waals surface area contributed by atoms with E-state index in [1.54, 1.807) is 0 Å². The molecule has 0 fully saturated rings. The summed E-state index contributed by atoms with van der Waals surface area (Å²) >= 11 is 19.3. The second-order valence-corrected chi connectivity index (χ2v) is 11.5. The first kappa shape index (κ1) is 28.6. The number of rotatable bonds is 6. The Kier molecular flexibility index (Phi) is 8.24. The fraction of sp³-hybridized carbons (Fsp3) is 0.0833. The molecule has 0 aromatic heterocycles. The van der Waals surface area contributed by atoms with Crippen LogP contribution in [0.1, 0.15) is 48.4 Å². The fourth-order valence-corrected chi connectivity index (χ4v) is 6.38. The van der Waals surface area contributed by atoms with Gasteiger partial charge in [0.05, 0.1) is 16.1 Å². The van der Waals surface area contributed by atoms with E-state index in [0.717, 1.165) is 17.1 Å². The van der Waals surface area contributed by atoms with Crippen LogP contribution in [0.2, 0.25) is 5.02 Å². The minimum Gasteiger partial charge on any atom is -0.292 e. The van der Waals surface area contributed by atoms with Crippen molar-refractivity contribution in [1.82, 2.24) is 10.0 Å². The number of benzene rings is 3. The molecule has 0 aliphatic carbocycles. The summed E-state index contributed by atoms with van der Waals surface area (Å²) in [5.41, 5.74) is -0.202. The number of hydrogen-bond acceptors (Lipinski definition) is 6. The highest BCUT2D eigenvalue weighted by atomic mass is 79.9. The first-order valence-electron chi connectivity index (χ1n) is 10.5. The van der Waals surface area contributed by atoms with Gasteiger partial charge >= 0.3 is 0 Å². The molecule has 3 aromatic rings.